The molecular weight excluding hydrogens is 281 g/mol. The first-order valence-corrected chi connectivity index (χ1v) is 5.31. The lowest BCUT2D eigenvalue weighted by Gasteiger charge is -2.11. The summed E-state index contributed by atoms with van der Waals surface area (Å²) in [6, 6.07) is 2.78. The van der Waals surface area contributed by atoms with Crippen LogP contribution in [-0.4, -0.2) is 10.8 Å². The van der Waals surface area contributed by atoms with Crippen LogP contribution in [0.25, 0.3) is 0 Å². The van der Waals surface area contributed by atoms with Gasteiger partial charge in [-0.3, -0.25) is 9.78 Å². The lowest BCUT2D eigenvalue weighted by molar-refractivity contribution is -0.137. The van der Waals surface area contributed by atoms with Crippen LogP contribution < -0.4 is 0 Å². The second-order valence-electron chi connectivity index (χ2n) is 3.88. The third-order valence-corrected chi connectivity index (χ3v) is 2.55. The number of rotatable bonds is 2. The van der Waals surface area contributed by atoms with Crippen molar-refractivity contribution in [2.45, 2.75) is 6.18 Å². The van der Waals surface area contributed by atoms with Gasteiger partial charge in [0.25, 0.3) is 0 Å². The number of halogens is 5. The lowest BCUT2D eigenvalue weighted by atomic mass is 10.00. The summed E-state index contributed by atoms with van der Waals surface area (Å²) in [5.41, 5.74) is -2.28. The molecule has 1 aromatic heterocycles. The fraction of sp³-hybridized carbons (Fsp3) is 0.0769. The van der Waals surface area contributed by atoms with Gasteiger partial charge in [-0.05, 0) is 24.3 Å². The third-order valence-electron chi connectivity index (χ3n) is 2.55. The molecule has 0 atom stereocenters. The SMILES string of the molecule is O=C(c1ccc(F)c(F)c1)c1cnccc1C(F)(F)F. The highest BCUT2D eigenvalue weighted by atomic mass is 19.4. The summed E-state index contributed by atoms with van der Waals surface area (Å²) in [6.45, 7) is 0. The highest BCUT2D eigenvalue weighted by molar-refractivity contribution is 6.09. The van der Waals surface area contributed by atoms with Crippen molar-refractivity contribution in [1.29, 1.82) is 0 Å². The molecule has 2 aromatic rings. The van der Waals surface area contributed by atoms with E-state index in [0.717, 1.165) is 18.5 Å². The Bertz CT molecular complexity index is 666. The van der Waals surface area contributed by atoms with E-state index in [1.165, 1.54) is 0 Å². The molecule has 0 saturated heterocycles. The molecule has 0 unspecified atom stereocenters. The average molecular weight is 287 g/mol. The van der Waals surface area contributed by atoms with Crippen LogP contribution in [0.15, 0.2) is 36.7 Å². The Morgan fingerprint density at radius 2 is 1.75 bits per heavy atom. The van der Waals surface area contributed by atoms with E-state index in [4.69, 9.17) is 0 Å². The highest BCUT2D eigenvalue weighted by Crippen LogP contribution is 2.32. The normalized spacial score (nSPS) is 11.4. The molecule has 0 aliphatic rings. The smallest absolute Gasteiger partial charge is 0.289 e. The van der Waals surface area contributed by atoms with Crippen LogP contribution in [0, 0.1) is 11.6 Å². The summed E-state index contributed by atoms with van der Waals surface area (Å²) in [7, 11) is 0. The molecular formula is C13H6F5NO. The number of alkyl halides is 3. The second-order valence-corrected chi connectivity index (χ2v) is 3.88. The number of hydrogen-bond acceptors (Lipinski definition) is 2. The zero-order chi connectivity index (χ0) is 14.9. The first-order valence-electron chi connectivity index (χ1n) is 5.31. The Hall–Kier alpha value is -2.31. The monoisotopic (exact) mass is 287 g/mol. The molecule has 1 aromatic carbocycles. The van der Waals surface area contributed by atoms with Crippen molar-refractivity contribution >= 4 is 5.78 Å². The number of aromatic nitrogens is 1. The molecule has 20 heavy (non-hydrogen) atoms. The number of ketones is 1. The van der Waals surface area contributed by atoms with Crippen LogP contribution in [0.1, 0.15) is 21.5 Å². The fourth-order valence-corrected chi connectivity index (χ4v) is 1.62. The zero-order valence-electron chi connectivity index (χ0n) is 9.71. The van der Waals surface area contributed by atoms with Crippen LogP contribution in [0.3, 0.4) is 0 Å². The molecule has 0 spiro atoms. The maximum Gasteiger partial charge on any atom is 0.417 e. The highest BCUT2D eigenvalue weighted by Gasteiger charge is 2.35. The summed E-state index contributed by atoms with van der Waals surface area (Å²) in [5, 5.41) is 0. The summed E-state index contributed by atoms with van der Waals surface area (Å²) in [5.74, 6) is -3.58. The standard InChI is InChI=1S/C13H6F5NO/c14-10-2-1-7(5-11(10)15)12(20)8-6-19-4-3-9(8)13(16,17)18/h1-6H. The van der Waals surface area contributed by atoms with Gasteiger partial charge in [-0.2, -0.15) is 13.2 Å². The van der Waals surface area contributed by atoms with Crippen LogP contribution in [0.5, 0.6) is 0 Å². The molecule has 0 radical (unpaired) electrons. The number of carbonyl (C=O) groups is 1. The molecule has 0 aliphatic heterocycles. The Morgan fingerprint density at radius 1 is 1.05 bits per heavy atom. The summed E-state index contributed by atoms with van der Waals surface area (Å²) >= 11 is 0. The molecule has 7 heteroatoms. The van der Waals surface area contributed by atoms with Gasteiger partial charge in [0.15, 0.2) is 17.4 Å². The number of nitrogens with zero attached hydrogens (tertiary/aromatic N) is 1. The van der Waals surface area contributed by atoms with E-state index in [1.807, 2.05) is 0 Å². The lowest BCUT2D eigenvalue weighted by Crippen LogP contribution is -2.14. The molecule has 2 nitrogen and oxygen atoms in total. The van der Waals surface area contributed by atoms with E-state index in [2.05, 4.69) is 4.98 Å². The van der Waals surface area contributed by atoms with Gasteiger partial charge in [0.05, 0.1) is 11.1 Å². The van der Waals surface area contributed by atoms with Gasteiger partial charge in [-0.1, -0.05) is 0 Å². The Morgan fingerprint density at radius 3 is 2.35 bits per heavy atom. The van der Waals surface area contributed by atoms with E-state index >= 15 is 0 Å². The maximum atomic E-state index is 13.0. The third kappa shape index (κ3) is 2.66. The van der Waals surface area contributed by atoms with Crippen molar-refractivity contribution in [3.63, 3.8) is 0 Å². The van der Waals surface area contributed by atoms with Crippen molar-refractivity contribution in [3.8, 4) is 0 Å². The van der Waals surface area contributed by atoms with E-state index in [9.17, 15) is 26.7 Å². The quantitative estimate of drug-likeness (QED) is 0.624. The molecule has 0 aliphatic carbocycles. The van der Waals surface area contributed by atoms with E-state index in [0.29, 0.717) is 18.2 Å². The van der Waals surface area contributed by atoms with Crippen LogP contribution in [0.4, 0.5) is 22.0 Å². The molecule has 1 heterocycles. The van der Waals surface area contributed by atoms with Crippen LogP contribution in [-0.2, 0) is 6.18 Å². The van der Waals surface area contributed by atoms with E-state index in [1.54, 1.807) is 0 Å². The van der Waals surface area contributed by atoms with Crippen LogP contribution in [0.2, 0.25) is 0 Å². The summed E-state index contributed by atoms with van der Waals surface area (Å²) < 4.78 is 64.0. The van der Waals surface area contributed by atoms with Gasteiger partial charge in [-0.25, -0.2) is 8.78 Å². The zero-order valence-corrected chi connectivity index (χ0v) is 9.71. The van der Waals surface area contributed by atoms with Gasteiger partial charge in [-0.15, -0.1) is 0 Å². The van der Waals surface area contributed by atoms with E-state index < -0.39 is 34.7 Å². The molecule has 0 N–H and O–H groups in total. The Kier molecular flexibility index (Phi) is 3.52. The minimum absolute atomic E-state index is 0.387. The first-order chi connectivity index (χ1) is 9.30. The number of hydrogen-bond donors (Lipinski definition) is 0. The van der Waals surface area contributed by atoms with Crippen molar-refractivity contribution < 1.29 is 26.7 Å². The van der Waals surface area contributed by atoms with Gasteiger partial charge in [0.1, 0.15) is 0 Å². The topological polar surface area (TPSA) is 30.0 Å². The Balaban J connectivity index is 2.51. The molecule has 2 rings (SSSR count). The predicted octanol–water partition coefficient (Wildman–Crippen LogP) is 3.61. The Labute approximate surface area is 109 Å². The van der Waals surface area contributed by atoms with Crippen molar-refractivity contribution in [2.24, 2.45) is 0 Å². The summed E-state index contributed by atoms with van der Waals surface area (Å²) in [6.07, 6.45) is -3.11. The molecule has 104 valence electrons. The largest absolute Gasteiger partial charge is 0.417 e. The number of benzene rings is 1. The van der Waals surface area contributed by atoms with E-state index in [-0.39, 0.29) is 5.56 Å². The summed E-state index contributed by atoms with van der Waals surface area (Å²) in [4.78, 5) is 15.4. The van der Waals surface area contributed by atoms with Crippen molar-refractivity contribution in [1.82, 2.24) is 4.98 Å². The maximum absolute atomic E-state index is 13.0. The molecule has 0 amide bonds. The minimum Gasteiger partial charge on any atom is -0.289 e. The minimum atomic E-state index is -4.74. The van der Waals surface area contributed by atoms with Gasteiger partial charge < -0.3 is 0 Å². The molecule has 0 saturated carbocycles. The average Bonchev–Trinajstić information content (AvgIpc) is 2.40. The van der Waals surface area contributed by atoms with Gasteiger partial charge in [0.2, 0.25) is 0 Å². The predicted molar refractivity (Wildman–Crippen MR) is 59.0 cm³/mol. The number of carbonyl (C=O) groups excluding carboxylic acids is 1. The molecule has 0 bridgehead atoms. The van der Waals surface area contributed by atoms with Crippen molar-refractivity contribution in [2.75, 3.05) is 0 Å². The fourth-order valence-electron chi connectivity index (χ4n) is 1.62. The van der Waals surface area contributed by atoms with Crippen molar-refractivity contribution in [3.05, 3.63) is 65.0 Å². The molecule has 0 fully saturated rings. The van der Waals surface area contributed by atoms with Gasteiger partial charge >= 0.3 is 6.18 Å². The number of pyridine rings is 1. The first kappa shape index (κ1) is 14.1. The second kappa shape index (κ2) is 4.99. The van der Waals surface area contributed by atoms with Gasteiger partial charge in [0, 0.05) is 18.0 Å². The van der Waals surface area contributed by atoms with Crippen LogP contribution >= 0.6 is 0 Å².